The van der Waals surface area contributed by atoms with Crippen molar-refractivity contribution < 1.29 is 23.1 Å². The zero-order valence-electron chi connectivity index (χ0n) is 25.3. The van der Waals surface area contributed by atoms with Crippen LogP contribution in [0.2, 0.25) is 10.0 Å². The second-order valence-corrected chi connectivity index (χ2v) is 13.7. The van der Waals surface area contributed by atoms with E-state index in [-0.39, 0.29) is 39.2 Å². The molecule has 4 rings (SSSR count). The van der Waals surface area contributed by atoms with Crippen LogP contribution in [0.1, 0.15) is 64.0 Å². The third kappa shape index (κ3) is 6.96. The van der Waals surface area contributed by atoms with Crippen LogP contribution in [0.5, 0.6) is 0 Å². The maximum absolute atomic E-state index is 15.8. The van der Waals surface area contributed by atoms with Crippen LogP contribution in [0.25, 0.3) is 0 Å². The number of ether oxygens (including phenoxy) is 1. The van der Waals surface area contributed by atoms with E-state index in [4.69, 9.17) is 33.7 Å². The second kappa shape index (κ2) is 13.6. The van der Waals surface area contributed by atoms with E-state index in [1.807, 2.05) is 20.8 Å². The molecule has 0 aliphatic carbocycles. The van der Waals surface area contributed by atoms with E-state index >= 15 is 8.78 Å². The van der Waals surface area contributed by atoms with Crippen molar-refractivity contribution in [2.45, 2.75) is 82.5 Å². The molecule has 2 aliphatic rings. The van der Waals surface area contributed by atoms with Crippen molar-refractivity contribution in [3.63, 3.8) is 0 Å². The van der Waals surface area contributed by atoms with Gasteiger partial charge in [0.1, 0.15) is 23.2 Å². The molecule has 1 unspecified atom stereocenters. The van der Waals surface area contributed by atoms with E-state index in [9.17, 15) is 14.9 Å². The van der Waals surface area contributed by atoms with Gasteiger partial charge in [-0.25, -0.2) is 13.6 Å². The van der Waals surface area contributed by atoms with Gasteiger partial charge in [-0.05, 0) is 55.4 Å². The average Bonchev–Trinajstić information content (AvgIpc) is 3.27. The van der Waals surface area contributed by atoms with Crippen LogP contribution < -0.4 is 16.4 Å². The molecule has 0 aromatic heterocycles. The second-order valence-electron chi connectivity index (χ2n) is 12.9. The molecule has 5 atom stereocenters. The maximum Gasteiger partial charge on any atom is 0.410 e. The number of hydrogen-bond donors (Lipinski definition) is 3. The van der Waals surface area contributed by atoms with E-state index in [1.165, 1.54) is 24.3 Å². The predicted molar refractivity (Wildman–Crippen MR) is 165 cm³/mol. The molecular formula is C32H39Cl2F2N5O3. The monoisotopic (exact) mass is 649 g/mol. The molecule has 44 heavy (non-hydrogen) atoms. The van der Waals surface area contributed by atoms with E-state index in [0.717, 1.165) is 6.07 Å². The number of rotatable bonds is 7. The fraction of sp³-hybridized carbons (Fsp3) is 0.531. The van der Waals surface area contributed by atoms with Gasteiger partial charge in [-0.1, -0.05) is 62.2 Å². The Morgan fingerprint density at radius 3 is 2.50 bits per heavy atom. The molecule has 0 saturated carbocycles. The van der Waals surface area contributed by atoms with Crippen molar-refractivity contribution in [1.82, 2.24) is 15.5 Å². The Labute approximate surface area is 267 Å². The highest BCUT2D eigenvalue weighted by molar-refractivity contribution is 6.31. The summed E-state index contributed by atoms with van der Waals surface area (Å²) < 4.78 is 36.9. The third-order valence-electron chi connectivity index (χ3n) is 8.47. The lowest BCUT2D eigenvalue weighted by Crippen LogP contribution is -2.52. The highest BCUT2D eigenvalue weighted by atomic mass is 35.5. The molecule has 2 aromatic rings. The predicted octanol–water partition coefficient (Wildman–Crippen LogP) is 5.66. The lowest BCUT2D eigenvalue weighted by Gasteiger charge is -2.37. The lowest BCUT2D eigenvalue weighted by atomic mass is 9.62. The maximum atomic E-state index is 15.8. The van der Waals surface area contributed by atoms with Crippen molar-refractivity contribution in [3.05, 3.63) is 69.2 Å². The van der Waals surface area contributed by atoms with Gasteiger partial charge in [-0.2, -0.15) is 5.26 Å². The van der Waals surface area contributed by atoms with Crippen molar-refractivity contribution in [1.29, 1.82) is 5.26 Å². The summed E-state index contributed by atoms with van der Waals surface area (Å²) in [4.78, 5) is 28.1. The Bertz CT molecular complexity index is 1420. The Morgan fingerprint density at radius 2 is 1.91 bits per heavy atom. The summed E-state index contributed by atoms with van der Waals surface area (Å²) >= 11 is 12.3. The molecule has 0 spiro atoms. The largest absolute Gasteiger partial charge is 0.445 e. The first-order chi connectivity index (χ1) is 20.7. The van der Waals surface area contributed by atoms with Gasteiger partial charge in [0.25, 0.3) is 0 Å². The fourth-order valence-corrected chi connectivity index (χ4v) is 6.69. The van der Waals surface area contributed by atoms with E-state index in [0.29, 0.717) is 32.4 Å². The van der Waals surface area contributed by atoms with Crippen LogP contribution >= 0.6 is 23.2 Å². The molecule has 238 valence electrons. The molecule has 0 bridgehead atoms. The Balaban J connectivity index is 1.72. The lowest BCUT2D eigenvalue weighted by molar-refractivity contribution is -0.124. The Morgan fingerprint density at radius 1 is 1.23 bits per heavy atom. The zero-order chi connectivity index (χ0) is 32.4. The van der Waals surface area contributed by atoms with Gasteiger partial charge in [0.2, 0.25) is 5.91 Å². The number of nitriles is 1. The molecule has 2 aliphatic heterocycles. The van der Waals surface area contributed by atoms with Crippen LogP contribution in [-0.4, -0.2) is 60.8 Å². The van der Waals surface area contributed by atoms with Gasteiger partial charge in [0, 0.05) is 48.2 Å². The molecule has 2 fully saturated rings. The van der Waals surface area contributed by atoms with Gasteiger partial charge >= 0.3 is 6.09 Å². The average molecular weight is 651 g/mol. The molecule has 2 heterocycles. The van der Waals surface area contributed by atoms with Gasteiger partial charge in [0.15, 0.2) is 0 Å². The quantitative estimate of drug-likeness (QED) is 0.356. The zero-order valence-corrected chi connectivity index (χ0v) is 26.8. The Hall–Kier alpha value is -2.97. The van der Waals surface area contributed by atoms with Crippen LogP contribution in [0.15, 0.2) is 36.4 Å². The minimum atomic E-state index is -1.71. The number of amides is 2. The van der Waals surface area contributed by atoms with E-state index < -0.39 is 53.2 Å². The summed E-state index contributed by atoms with van der Waals surface area (Å²) in [7, 11) is 0. The molecule has 2 saturated heterocycles. The highest BCUT2D eigenvalue weighted by Crippen LogP contribution is 2.52. The summed E-state index contributed by atoms with van der Waals surface area (Å²) in [6.07, 6.45) is 0.412. The molecule has 2 aromatic carbocycles. The van der Waals surface area contributed by atoms with Gasteiger partial charge in [-0.15, -0.1) is 0 Å². The third-order valence-corrected chi connectivity index (χ3v) is 8.99. The number of likely N-dealkylation sites (tertiary alicyclic amines) is 1. The molecule has 12 heteroatoms. The summed E-state index contributed by atoms with van der Waals surface area (Å²) in [5.41, 5.74) is 3.55. The van der Waals surface area contributed by atoms with Crippen LogP contribution in [0.3, 0.4) is 0 Å². The molecule has 4 N–H and O–H groups in total. The molecule has 0 radical (unpaired) electrons. The van der Waals surface area contributed by atoms with Crippen LogP contribution in [0.4, 0.5) is 13.6 Å². The standard InChI is InChI=1S/C32H39Cl2F2N5O3/c1-18(16-37)44-30(43)41-12-10-20(11-13-41)39-29(42)28-26(21-6-5-7-23(34)27(21)36)32(17-38,25(40-28)15-31(2,3)4)22-9-8-19(33)14-24(22)35/h5-9,14,18,20,25-26,28,40H,10-13,15-16,37H2,1-4H3,(H,39,42)/t18?,25-,26-,28+,32-/m0/s1. The number of benzene rings is 2. The normalized spacial score (nSPS) is 24.9. The van der Waals surface area contributed by atoms with Crippen molar-refractivity contribution >= 4 is 35.2 Å². The minimum absolute atomic E-state index is 0.0179. The van der Waals surface area contributed by atoms with E-state index in [1.54, 1.807) is 17.9 Å². The van der Waals surface area contributed by atoms with E-state index in [2.05, 4.69) is 16.7 Å². The van der Waals surface area contributed by atoms with Gasteiger partial charge in [-0.3, -0.25) is 4.79 Å². The number of nitrogens with zero attached hydrogens (tertiary/aromatic N) is 2. The number of hydrogen-bond acceptors (Lipinski definition) is 6. The summed E-state index contributed by atoms with van der Waals surface area (Å²) in [6.45, 7) is 8.57. The first-order valence-corrected chi connectivity index (χ1v) is 15.5. The van der Waals surface area contributed by atoms with Crippen LogP contribution in [-0.2, 0) is 14.9 Å². The highest BCUT2D eigenvalue weighted by Gasteiger charge is 2.61. The molecule has 8 nitrogen and oxygen atoms in total. The van der Waals surface area contributed by atoms with Gasteiger partial charge in [0.05, 0.1) is 17.1 Å². The topological polar surface area (TPSA) is 120 Å². The number of halogens is 4. The number of nitrogens with two attached hydrogens (primary N) is 1. The SMILES string of the molecule is CC(CN)OC(=O)N1CCC(NC(=O)[C@@H]2N[C@@H](CC(C)(C)C)[C@](C#N)(c3ccc(Cl)cc3F)[C@H]2c2cccc(Cl)c2F)CC1. The van der Waals surface area contributed by atoms with Crippen molar-refractivity contribution in [3.8, 4) is 6.07 Å². The Kier molecular flexibility index (Phi) is 10.5. The molecule has 2 amide bonds. The summed E-state index contributed by atoms with van der Waals surface area (Å²) in [5, 5.41) is 17.3. The molecular weight excluding hydrogens is 611 g/mol. The summed E-state index contributed by atoms with van der Waals surface area (Å²) in [5.74, 6) is -3.11. The first kappa shape index (κ1) is 33.9. The van der Waals surface area contributed by atoms with Crippen LogP contribution in [0, 0.1) is 28.4 Å². The van der Waals surface area contributed by atoms with Gasteiger partial charge < -0.3 is 26.0 Å². The number of piperidine rings is 1. The van der Waals surface area contributed by atoms with Crippen molar-refractivity contribution in [2.75, 3.05) is 19.6 Å². The number of nitrogens with one attached hydrogen (secondary N) is 2. The first-order valence-electron chi connectivity index (χ1n) is 14.7. The number of carbonyl (C=O) groups is 2. The summed E-state index contributed by atoms with van der Waals surface area (Å²) in [6, 6.07) is 8.65. The minimum Gasteiger partial charge on any atom is -0.445 e. The number of carbonyl (C=O) groups excluding carboxylic acids is 2. The fourth-order valence-electron chi connectivity index (χ4n) is 6.35. The van der Waals surface area contributed by atoms with Crippen molar-refractivity contribution in [2.24, 2.45) is 11.1 Å². The smallest absolute Gasteiger partial charge is 0.410 e.